The maximum atomic E-state index is 3.11. The van der Waals surface area contributed by atoms with Crippen molar-refractivity contribution in [2.45, 2.75) is 0 Å². The average molecular weight is 126 g/mol. The summed E-state index contributed by atoms with van der Waals surface area (Å²) in [4.78, 5) is 0. The summed E-state index contributed by atoms with van der Waals surface area (Å²) in [5, 5.41) is 6.22. The molecule has 1 rings (SSSR count). The molecule has 1 heterocycles. The zero-order valence-corrected chi connectivity index (χ0v) is 5.05. The van der Waals surface area contributed by atoms with Gasteiger partial charge in [-0.25, -0.2) is 0 Å². The zero-order chi connectivity index (χ0) is 3.54. The average Bonchev–Trinajstić information content (AvgIpc) is 1.76. The van der Waals surface area contributed by atoms with Crippen molar-refractivity contribution in [2.24, 2.45) is 0 Å². The molecule has 4 heteroatoms. The largest absolute Gasteiger partial charge is 0.344 e. The van der Waals surface area contributed by atoms with Crippen LogP contribution in [0.2, 0.25) is 0 Å². The van der Waals surface area contributed by atoms with E-state index in [0.717, 1.165) is 19.8 Å². The molecule has 1 aliphatic heterocycles. The van der Waals surface area contributed by atoms with Gasteiger partial charge in [-0.1, -0.05) is 0 Å². The number of rotatable bonds is 0. The van der Waals surface area contributed by atoms with E-state index >= 15 is 0 Å². The van der Waals surface area contributed by atoms with E-state index in [1.54, 1.807) is 0 Å². The second-order valence-electron chi connectivity index (χ2n) is 1.18. The summed E-state index contributed by atoms with van der Waals surface area (Å²) >= 11 is 0. The number of halogens is 1. The minimum absolute atomic E-state index is 0. The van der Waals surface area contributed by atoms with E-state index in [9.17, 15) is 0 Å². The van der Waals surface area contributed by atoms with Crippen molar-refractivity contribution in [2.75, 3.05) is 19.8 Å². The van der Waals surface area contributed by atoms with E-state index in [0.29, 0.717) is 0 Å². The van der Waals surface area contributed by atoms with Gasteiger partial charge in [-0.15, -0.1) is 12.4 Å². The van der Waals surface area contributed by atoms with Gasteiger partial charge < -0.3 is 16.8 Å². The molecular weight excluding hydrogens is 114 g/mol. The Balaban J connectivity index is 0. The lowest BCUT2D eigenvalue weighted by atomic mass is 10.7. The quantitative estimate of drug-likeness (QED) is 0.418. The molecule has 0 unspecified atom stereocenters. The van der Waals surface area contributed by atoms with Crippen LogP contribution in [0, 0.1) is 0 Å². The molecule has 0 aromatic rings. The van der Waals surface area contributed by atoms with E-state index in [2.05, 4.69) is 10.6 Å². The van der Waals surface area contributed by atoms with Gasteiger partial charge in [-0.05, 0) is 0 Å². The van der Waals surface area contributed by atoms with Gasteiger partial charge in [0, 0.05) is 19.8 Å². The molecule has 0 radical (unpaired) electrons. The highest BCUT2D eigenvalue weighted by Gasteiger charge is 1.90. The lowest BCUT2D eigenvalue weighted by molar-refractivity contribution is 0.807. The van der Waals surface area contributed by atoms with Crippen LogP contribution in [0.25, 0.3) is 0 Å². The van der Waals surface area contributed by atoms with Crippen molar-refractivity contribution in [1.29, 1.82) is 0 Å². The van der Waals surface area contributed by atoms with Crippen LogP contribution >= 0.6 is 12.4 Å². The highest BCUT2D eigenvalue weighted by molar-refractivity contribution is 5.85. The molecule has 0 bridgehead atoms. The van der Waals surface area contributed by atoms with Crippen molar-refractivity contribution >= 4 is 12.4 Å². The molecule has 46 valence electrons. The van der Waals surface area contributed by atoms with E-state index < -0.39 is 0 Å². The SMILES string of the molecule is C1CNCN1.Cl.N. The van der Waals surface area contributed by atoms with E-state index in [-0.39, 0.29) is 18.6 Å². The van der Waals surface area contributed by atoms with Gasteiger partial charge in [-0.2, -0.15) is 0 Å². The Morgan fingerprint density at radius 2 is 1.43 bits per heavy atom. The smallest absolute Gasteiger partial charge is 0.0455 e. The Labute approximate surface area is 49.9 Å². The topological polar surface area (TPSA) is 59.1 Å². The Morgan fingerprint density at radius 1 is 1.00 bits per heavy atom. The van der Waals surface area contributed by atoms with Gasteiger partial charge in [-0.3, -0.25) is 0 Å². The maximum absolute atomic E-state index is 3.11. The highest BCUT2D eigenvalue weighted by Crippen LogP contribution is 1.62. The van der Waals surface area contributed by atoms with E-state index in [1.165, 1.54) is 0 Å². The standard InChI is InChI=1S/C3H8N2.ClH.H3N/c1-2-5-3-4-1;;/h4-5H,1-3H2;1H;1H3. The van der Waals surface area contributed by atoms with E-state index in [1.807, 2.05) is 0 Å². The highest BCUT2D eigenvalue weighted by atomic mass is 35.5. The van der Waals surface area contributed by atoms with Gasteiger partial charge in [0.05, 0.1) is 0 Å². The summed E-state index contributed by atoms with van der Waals surface area (Å²) in [6, 6.07) is 0. The first kappa shape index (κ1) is 10.2. The molecule has 1 saturated heterocycles. The molecule has 7 heavy (non-hydrogen) atoms. The maximum Gasteiger partial charge on any atom is 0.0455 e. The monoisotopic (exact) mass is 125 g/mol. The first-order valence-corrected chi connectivity index (χ1v) is 1.91. The Hall–Kier alpha value is 0.170. The molecule has 0 spiro atoms. The van der Waals surface area contributed by atoms with Gasteiger partial charge >= 0.3 is 0 Å². The molecule has 1 aliphatic rings. The predicted molar refractivity (Wildman–Crippen MR) is 33.1 cm³/mol. The molecule has 1 fully saturated rings. The third-order valence-electron chi connectivity index (χ3n) is 0.729. The van der Waals surface area contributed by atoms with Gasteiger partial charge in [0.15, 0.2) is 0 Å². The predicted octanol–water partition coefficient (Wildman–Crippen LogP) is -0.280. The lowest BCUT2D eigenvalue weighted by Gasteiger charge is -1.77. The minimum Gasteiger partial charge on any atom is -0.344 e. The summed E-state index contributed by atoms with van der Waals surface area (Å²) in [6.07, 6.45) is 0. The van der Waals surface area contributed by atoms with Crippen LogP contribution in [0.1, 0.15) is 0 Å². The number of hydrogen-bond donors (Lipinski definition) is 3. The molecule has 0 aromatic carbocycles. The van der Waals surface area contributed by atoms with Crippen LogP contribution in [0.3, 0.4) is 0 Å². The molecule has 0 amide bonds. The minimum atomic E-state index is 0. The number of hydrogen-bond acceptors (Lipinski definition) is 3. The molecule has 0 saturated carbocycles. The van der Waals surface area contributed by atoms with Crippen LogP contribution in [0.5, 0.6) is 0 Å². The van der Waals surface area contributed by atoms with Crippen LogP contribution < -0.4 is 16.8 Å². The van der Waals surface area contributed by atoms with Gasteiger partial charge in [0.25, 0.3) is 0 Å². The van der Waals surface area contributed by atoms with Crippen LogP contribution in [-0.2, 0) is 0 Å². The van der Waals surface area contributed by atoms with Crippen molar-refractivity contribution in [3.8, 4) is 0 Å². The zero-order valence-electron chi connectivity index (χ0n) is 4.24. The van der Waals surface area contributed by atoms with Crippen molar-refractivity contribution < 1.29 is 0 Å². The summed E-state index contributed by atoms with van der Waals surface area (Å²) in [7, 11) is 0. The first-order chi connectivity index (χ1) is 2.50. The fraction of sp³-hybridized carbons (Fsp3) is 1.00. The van der Waals surface area contributed by atoms with Crippen molar-refractivity contribution in [3.05, 3.63) is 0 Å². The molecule has 5 N–H and O–H groups in total. The Kier molecular flexibility index (Phi) is 9.00. The normalized spacial score (nSPS) is 17.1. The number of nitrogens with one attached hydrogen (secondary N) is 2. The molecule has 0 aromatic heterocycles. The molecule has 0 atom stereocenters. The fourth-order valence-electron chi connectivity index (χ4n) is 0.442. The second kappa shape index (κ2) is 6.17. The summed E-state index contributed by atoms with van der Waals surface area (Å²) in [5.41, 5.74) is 0. The van der Waals surface area contributed by atoms with Crippen LogP contribution in [0.4, 0.5) is 0 Å². The van der Waals surface area contributed by atoms with E-state index in [4.69, 9.17) is 0 Å². The van der Waals surface area contributed by atoms with Gasteiger partial charge in [0.1, 0.15) is 0 Å². The fourth-order valence-corrected chi connectivity index (χ4v) is 0.442. The summed E-state index contributed by atoms with van der Waals surface area (Å²) in [6.45, 7) is 3.28. The van der Waals surface area contributed by atoms with Gasteiger partial charge in [0.2, 0.25) is 0 Å². The molecule has 3 nitrogen and oxygen atoms in total. The second-order valence-corrected chi connectivity index (χ2v) is 1.18. The Morgan fingerprint density at radius 3 is 1.57 bits per heavy atom. The summed E-state index contributed by atoms with van der Waals surface area (Å²) < 4.78 is 0. The van der Waals surface area contributed by atoms with Crippen LogP contribution in [0.15, 0.2) is 0 Å². The Bertz CT molecular complexity index is 21.8. The van der Waals surface area contributed by atoms with Crippen molar-refractivity contribution in [3.63, 3.8) is 0 Å². The molecule has 0 aliphatic carbocycles. The third-order valence-corrected chi connectivity index (χ3v) is 0.729. The van der Waals surface area contributed by atoms with Crippen molar-refractivity contribution in [1.82, 2.24) is 16.8 Å². The van der Waals surface area contributed by atoms with Crippen LogP contribution in [-0.4, -0.2) is 19.8 Å². The first-order valence-electron chi connectivity index (χ1n) is 1.91. The summed E-state index contributed by atoms with van der Waals surface area (Å²) in [5.74, 6) is 0. The molecular formula is C3H12ClN3. The lowest BCUT2D eigenvalue weighted by Crippen LogP contribution is -2.11. The third kappa shape index (κ3) is 4.01.